The van der Waals surface area contributed by atoms with Crippen LogP contribution in [0, 0.1) is 0 Å². The van der Waals surface area contributed by atoms with E-state index in [9.17, 15) is 0 Å². The number of anilines is 1. The van der Waals surface area contributed by atoms with Crippen molar-refractivity contribution < 1.29 is 4.74 Å². The summed E-state index contributed by atoms with van der Waals surface area (Å²) in [4.78, 5) is 11.3. The molecule has 9 heteroatoms. The highest BCUT2D eigenvalue weighted by Crippen LogP contribution is 2.30. The largest absolute Gasteiger partial charge is 0.488 e. The molecule has 0 aromatic carbocycles. The molecule has 4 aromatic heterocycles. The average molecular weight is 461 g/mol. The molecule has 0 saturated heterocycles. The summed E-state index contributed by atoms with van der Waals surface area (Å²) in [5, 5.41) is 13.6. The maximum absolute atomic E-state index is 6.35. The molecule has 0 amide bonds. The monoisotopic (exact) mass is 460 g/mol. The Balaban J connectivity index is 1.22. The SMILES string of the molecule is CN(C)Cc1ncccc1OC1CCC(Nc2cc3c(cn2)c(-c2cnn(C)c2)nn3C)CC1. The molecule has 1 aliphatic rings. The molecule has 0 atom stereocenters. The van der Waals surface area contributed by atoms with Gasteiger partial charge in [0.1, 0.15) is 17.3 Å². The molecule has 1 N–H and O–H groups in total. The number of pyridine rings is 2. The first-order chi connectivity index (χ1) is 16.5. The average Bonchev–Trinajstić information content (AvgIpc) is 3.39. The zero-order chi connectivity index (χ0) is 23.7. The summed E-state index contributed by atoms with van der Waals surface area (Å²) < 4.78 is 10.1. The van der Waals surface area contributed by atoms with Crippen LogP contribution in [0.15, 0.2) is 43.0 Å². The van der Waals surface area contributed by atoms with Crippen molar-refractivity contribution in [3.8, 4) is 17.0 Å². The highest BCUT2D eigenvalue weighted by Gasteiger charge is 2.24. The predicted octanol–water partition coefficient (Wildman–Crippen LogP) is 3.63. The Hall–Kier alpha value is -3.46. The third-order valence-electron chi connectivity index (χ3n) is 6.35. The van der Waals surface area contributed by atoms with Crippen molar-refractivity contribution in [3.63, 3.8) is 0 Å². The fourth-order valence-electron chi connectivity index (χ4n) is 4.65. The Morgan fingerprint density at radius 2 is 1.94 bits per heavy atom. The molecule has 0 radical (unpaired) electrons. The summed E-state index contributed by atoms with van der Waals surface area (Å²) in [5.41, 5.74) is 3.95. The molecule has 0 unspecified atom stereocenters. The van der Waals surface area contributed by atoms with E-state index >= 15 is 0 Å². The van der Waals surface area contributed by atoms with E-state index in [2.05, 4.69) is 26.4 Å². The molecule has 34 heavy (non-hydrogen) atoms. The zero-order valence-electron chi connectivity index (χ0n) is 20.3. The second kappa shape index (κ2) is 9.42. The van der Waals surface area contributed by atoms with Crippen LogP contribution in [0.2, 0.25) is 0 Å². The van der Waals surface area contributed by atoms with Crippen molar-refractivity contribution in [2.45, 2.75) is 44.4 Å². The minimum absolute atomic E-state index is 0.220. The van der Waals surface area contributed by atoms with Gasteiger partial charge in [0.05, 0.1) is 23.5 Å². The van der Waals surface area contributed by atoms with Crippen LogP contribution in [0.5, 0.6) is 5.75 Å². The fraction of sp³-hybridized carbons (Fsp3) is 0.440. The molecule has 4 heterocycles. The van der Waals surface area contributed by atoms with Crippen LogP contribution < -0.4 is 10.1 Å². The standard InChI is InChI=1S/C25H32N8O/c1-31(2)16-21-23(6-5-11-26-21)34-19-9-7-18(8-10-19)29-24-12-22-20(14-27-24)25(30-33(22)4)17-13-28-32(3)15-17/h5-6,11-15,18-19H,7-10,16H2,1-4H3,(H,27,29). The Labute approximate surface area is 199 Å². The third-order valence-corrected chi connectivity index (χ3v) is 6.35. The number of aromatic nitrogens is 6. The van der Waals surface area contributed by atoms with Gasteiger partial charge in [-0.2, -0.15) is 10.2 Å². The number of hydrogen-bond acceptors (Lipinski definition) is 7. The minimum atomic E-state index is 0.220. The minimum Gasteiger partial charge on any atom is -0.488 e. The van der Waals surface area contributed by atoms with Crippen LogP contribution in [0.1, 0.15) is 31.4 Å². The summed E-state index contributed by atoms with van der Waals surface area (Å²) in [6, 6.07) is 6.45. The number of rotatable bonds is 7. The van der Waals surface area contributed by atoms with Gasteiger partial charge in [-0.25, -0.2) is 4.98 Å². The second-order valence-electron chi connectivity index (χ2n) is 9.38. The number of hydrogen-bond donors (Lipinski definition) is 1. The highest BCUT2D eigenvalue weighted by molar-refractivity contribution is 5.93. The van der Waals surface area contributed by atoms with E-state index in [1.54, 1.807) is 4.68 Å². The second-order valence-corrected chi connectivity index (χ2v) is 9.38. The van der Waals surface area contributed by atoms with Gasteiger partial charge >= 0.3 is 0 Å². The first kappa shape index (κ1) is 22.3. The summed E-state index contributed by atoms with van der Waals surface area (Å²) in [6.07, 6.45) is 11.9. The van der Waals surface area contributed by atoms with Crippen LogP contribution in [-0.2, 0) is 20.6 Å². The van der Waals surface area contributed by atoms with Crippen LogP contribution in [0.4, 0.5) is 5.82 Å². The van der Waals surface area contributed by atoms with Gasteiger partial charge in [0.15, 0.2) is 0 Å². The molecule has 1 aliphatic carbocycles. The van der Waals surface area contributed by atoms with Gasteiger partial charge < -0.3 is 15.0 Å². The molecule has 0 aliphatic heterocycles. The lowest BCUT2D eigenvalue weighted by Crippen LogP contribution is -2.31. The van der Waals surface area contributed by atoms with Crippen molar-refractivity contribution in [3.05, 3.63) is 48.7 Å². The molecule has 0 bridgehead atoms. The third kappa shape index (κ3) is 4.75. The summed E-state index contributed by atoms with van der Waals surface area (Å²) in [6.45, 7) is 0.776. The lowest BCUT2D eigenvalue weighted by molar-refractivity contribution is 0.146. The highest BCUT2D eigenvalue weighted by atomic mass is 16.5. The van der Waals surface area contributed by atoms with Gasteiger partial charge in [0.2, 0.25) is 0 Å². The summed E-state index contributed by atoms with van der Waals surface area (Å²) >= 11 is 0. The summed E-state index contributed by atoms with van der Waals surface area (Å²) in [5.74, 6) is 1.79. The van der Waals surface area contributed by atoms with E-state index in [1.165, 1.54) is 0 Å². The van der Waals surface area contributed by atoms with Gasteiger partial charge in [-0.3, -0.25) is 14.3 Å². The Kier molecular flexibility index (Phi) is 6.19. The molecule has 178 valence electrons. The van der Waals surface area contributed by atoms with E-state index in [1.807, 2.05) is 69.8 Å². The van der Waals surface area contributed by atoms with Gasteiger partial charge in [0, 0.05) is 62.3 Å². The molecule has 1 saturated carbocycles. The van der Waals surface area contributed by atoms with Crippen LogP contribution >= 0.6 is 0 Å². The summed E-state index contributed by atoms with van der Waals surface area (Å²) in [7, 11) is 7.98. The van der Waals surface area contributed by atoms with Crippen LogP contribution in [0.3, 0.4) is 0 Å². The van der Waals surface area contributed by atoms with Gasteiger partial charge in [-0.15, -0.1) is 0 Å². The molecular weight excluding hydrogens is 428 g/mol. The topological polar surface area (TPSA) is 85.9 Å². The van der Waals surface area contributed by atoms with E-state index in [0.717, 1.165) is 71.6 Å². The Bertz CT molecular complexity index is 1270. The molecule has 1 fully saturated rings. The van der Waals surface area contributed by atoms with E-state index in [0.29, 0.717) is 6.04 Å². The number of nitrogens with zero attached hydrogens (tertiary/aromatic N) is 7. The number of fused-ring (bicyclic) bond motifs is 1. The molecule has 0 spiro atoms. The van der Waals surface area contributed by atoms with Crippen molar-refractivity contribution >= 4 is 16.7 Å². The Morgan fingerprint density at radius 1 is 1.12 bits per heavy atom. The Morgan fingerprint density at radius 3 is 2.68 bits per heavy atom. The normalized spacial score (nSPS) is 18.5. The quantitative estimate of drug-likeness (QED) is 0.451. The van der Waals surface area contributed by atoms with Crippen molar-refractivity contribution in [2.24, 2.45) is 14.1 Å². The molecule has 4 aromatic rings. The van der Waals surface area contributed by atoms with E-state index in [4.69, 9.17) is 14.8 Å². The lowest BCUT2D eigenvalue weighted by Gasteiger charge is -2.30. The first-order valence-electron chi connectivity index (χ1n) is 11.8. The van der Waals surface area contributed by atoms with Gasteiger partial charge in [0.25, 0.3) is 0 Å². The molecular formula is C25H32N8O. The fourth-order valence-corrected chi connectivity index (χ4v) is 4.65. The zero-order valence-corrected chi connectivity index (χ0v) is 20.3. The van der Waals surface area contributed by atoms with Crippen LogP contribution in [-0.4, -0.2) is 60.7 Å². The maximum Gasteiger partial charge on any atom is 0.142 e. The number of aryl methyl sites for hydroxylation is 2. The van der Waals surface area contributed by atoms with E-state index < -0.39 is 0 Å². The van der Waals surface area contributed by atoms with Crippen molar-refractivity contribution in [1.82, 2.24) is 34.4 Å². The molecule has 9 nitrogen and oxygen atoms in total. The maximum atomic E-state index is 6.35. The van der Waals surface area contributed by atoms with Crippen molar-refractivity contribution in [2.75, 3.05) is 19.4 Å². The molecule has 5 rings (SSSR count). The first-order valence-corrected chi connectivity index (χ1v) is 11.8. The van der Waals surface area contributed by atoms with Gasteiger partial charge in [-0.05, 0) is 51.9 Å². The van der Waals surface area contributed by atoms with Crippen LogP contribution in [0.25, 0.3) is 22.2 Å². The predicted molar refractivity (Wildman–Crippen MR) is 133 cm³/mol. The number of ether oxygens (including phenoxy) is 1. The van der Waals surface area contributed by atoms with Gasteiger partial charge in [-0.1, -0.05) is 0 Å². The smallest absolute Gasteiger partial charge is 0.142 e. The number of nitrogens with one attached hydrogen (secondary N) is 1. The van der Waals surface area contributed by atoms with E-state index in [-0.39, 0.29) is 6.10 Å². The van der Waals surface area contributed by atoms with Crippen molar-refractivity contribution in [1.29, 1.82) is 0 Å². The lowest BCUT2D eigenvalue weighted by atomic mass is 9.93.